The van der Waals surface area contributed by atoms with E-state index in [1.54, 1.807) is 12.1 Å². The Labute approximate surface area is 195 Å². The molecule has 3 aromatic rings. The molecule has 0 bridgehead atoms. The Bertz CT molecular complexity index is 1290. The first-order chi connectivity index (χ1) is 15.8. The van der Waals surface area contributed by atoms with Crippen molar-refractivity contribution >= 4 is 26.6 Å². The van der Waals surface area contributed by atoms with Crippen LogP contribution < -0.4 is 5.73 Å². The molecule has 2 aliphatic rings. The van der Waals surface area contributed by atoms with Crippen molar-refractivity contribution in [1.82, 2.24) is 9.88 Å². The van der Waals surface area contributed by atoms with Gasteiger partial charge in [-0.25, -0.2) is 8.42 Å². The molecule has 2 heterocycles. The van der Waals surface area contributed by atoms with Crippen LogP contribution in [0.25, 0.3) is 10.9 Å². The standard InChI is InChI=1S/C26H31N3O3S/c1-17-14-22(18-5-6-18)23(21-11-12-28-26(17)21)15-29-13-3-2-4-24(29)19-7-9-20(10-8-19)33(31,32)16-25(27)30/h7-12,14,18,24,28H,2-6,13,15-16H2,1H3,(H2,27,30). The molecule has 2 fully saturated rings. The molecular formula is C26H31N3O3S. The van der Waals surface area contributed by atoms with E-state index in [9.17, 15) is 13.2 Å². The maximum atomic E-state index is 12.4. The number of fused-ring (bicyclic) bond motifs is 1. The third-order valence-electron chi connectivity index (χ3n) is 7.14. The van der Waals surface area contributed by atoms with Gasteiger partial charge in [-0.1, -0.05) is 24.6 Å². The first kappa shape index (κ1) is 22.2. The highest BCUT2D eigenvalue weighted by Crippen LogP contribution is 2.45. The molecule has 0 spiro atoms. The summed E-state index contributed by atoms with van der Waals surface area (Å²) >= 11 is 0. The molecule has 33 heavy (non-hydrogen) atoms. The van der Waals surface area contributed by atoms with Crippen LogP contribution in [0.2, 0.25) is 0 Å². The topological polar surface area (TPSA) is 96.3 Å². The number of primary amides is 1. The summed E-state index contributed by atoms with van der Waals surface area (Å²) in [5.74, 6) is -0.819. The van der Waals surface area contributed by atoms with Crippen molar-refractivity contribution in [3.05, 3.63) is 64.8 Å². The molecule has 6 nitrogen and oxygen atoms in total. The predicted molar refractivity (Wildman–Crippen MR) is 130 cm³/mol. The van der Waals surface area contributed by atoms with E-state index in [1.165, 1.54) is 46.9 Å². The minimum atomic E-state index is -3.69. The number of sulfone groups is 1. The largest absolute Gasteiger partial charge is 0.369 e. The summed E-state index contributed by atoms with van der Waals surface area (Å²) in [6.45, 7) is 4.11. The maximum Gasteiger partial charge on any atom is 0.233 e. The number of rotatable bonds is 7. The number of likely N-dealkylation sites (tertiary alicyclic amines) is 1. The fourth-order valence-corrected chi connectivity index (χ4v) is 6.45. The van der Waals surface area contributed by atoms with Crippen molar-refractivity contribution in [2.24, 2.45) is 5.73 Å². The molecule has 7 heteroatoms. The molecule has 174 valence electrons. The normalized spacial score (nSPS) is 19.7. The lowest BCUT2D eigenvalue weighted by atomic mass is 9.92. The number of piperidine rings is 1. The SMILES string of the molecule is Cc1cc(C2CC2)c(CN2CCCCC2c2ccc(S(=O)(=O)CC(N)=O)cc2)c2cc[nH]c12. The first-order valence-electron chi connectivity index (χ1n) is 11.8. The number of H-pyrrole nitrogens is 1. The summed E-state index contributed by atoms with van der Waals surface area (Å²) in [5.41, 5.74) is 11.7. The fourth-order valence-electron chi connectivity index (χ4n) is 5.36. The van der Waals surface area contributed by atoms with Crippen LogP contribution in [0.5, 0.6) is 0 Å². The first-order valence-corrected chi connectivity index (χ1v) is 13.4. The number of benzene rings is 2. The van der Waals surface area contributed by atoms with Gasteiger partial charge in [0.1, 0.15) is 5.75 Å². The molecule has 2 aromatic carbocycles. The van der Waals surface area contributed by atoms with Gasteiger partial charge >= 0.3 is 0 Å². The van der Waals surface area contributed by atoms with E-state index in [0.717, 1.165) is 31.5 Å². The van der Waals surface area contributed by atoms with Crippen LogP contribution in [-0.2, 0) is 21.2 Å². The third kappa shape index (κ3) is 4.44. The second kappa shape index (κ2) is 8.61. The second-order valence-corrected chi connectivity index (χ2v) is 11.6. The molecule has 1 saturated heterocycles. The van der Waals surface area contributed by atoms with Gasteiger partial charge in [0.2, 0.25) is 5.91 Å². The number of nitrogens with one attached hydrogen (secondary N) is 1. The molecule has 1 amide bonds. The zero-order valence-electron chi connectivity index (χ0n) is 19.0. The summed E-state index contributed by atoms with van der Waals surface area (Å²) in [6, 6.07) is 11.9. The zero-order valence-corrected chi connectivity index (χ0v) is 19.8. The summed E-state index contributed by atoms with van der Waals surface area (Å²) in [4.78, 5) is 17.3. The number of aromatic amines is 1. The third-order valence-corrected chi connectivity index (χ3v) is 8.79. The van der Waals surface area contributed by atoms with Crippen molar-refractivity contribution in [3.63, 3.8) is 0 Å². The Hall–Kier alpha value is -2.64. The van der Waals surface area contributed by atoms with Crippen molar-refractivity contribution in [2.75, 3.05) is 12.3 Å². The number of aryl methyl sites for hydroxylation is 1. The summed E-state index contributed by atoms with van der Waals surface area (Å²) in [7, 11) is -3.69. The summed E-state index contributed by atoms with van der Waals surface area (Å²) in [6.07, 6.45) is 7.96. The Kier molecular flexibility index (Phi) is 5.79. The number of hydrogen-bond donors (Lipinski definition) is 2. The number of carbonyl (C=O) groups excluding carboxylic acids is 1. The molecule has 1 aliphatic heterocycles. The Morgan fingerprint density at radius 1 is 1.12 bits per heavy atom. The van der Waals surface area contributed by atoms with E-state index in [-0.39, 0.29) is 10.9 Å². The molecule has 1 saturated carbocycles. The number of hydrogen-bond acceptors (Lipinski definition) is 4. The van der Waals surface area contributed by atoms with Crippen LogP contribution >= 0.6 is 0 Å². The Balaban J connectivity index is 1.45. The monoisotopic (exact) mass is 465 g/mol. The molecular weight excluding hydrogens is 434 g/mol. The smallest absolute Gasteiger partial charge is 0.233 e. The minimum Gasteiger partial charge on any atom is -0.369 e. The minimum absolute atomic E-state index is 0.149. The van der Waals surface area contributed by atoms with Gasteiger partial charge in [0, 0.05) is 29.7 Å². The van der Waals surface area contributed by atoms with Gasteiger partial charge in [-0.3, -0.25) is 9.69 Å². The average Bonchev–Trinajstić information content (AvgIpc) is 3.50. The summed E-state index contributed by atoms with van der Waals surface area (Å²) < 4.78 is 24.7. The van der Waals surface area contributed by atoms with Crippen LogP contribution in [-0.4, -0.2) is 36.5 Å². The molecule has 0 radical (unpaired) electrons. The number of nitrogens with zero attached hydrogens (tertiary/aromatic N) is 1. The van der Waals surface area contributed by atoms with Crippen LogP contribution in [0.4, 0.5) is 0 Å². The highest BCUT2D eigenvalue weighted by Gasteiger charge is 2.31. The lowest BCUT2D eigenvalue weighted by molar-refractivity contribution is -0.115. The molecule has 3 N–H and O–H groups in total. The van der Waals surface area contributed by atoms with Crippen LogP contribution in [0.15, 0.2) is 47.5 Å². The van der Waals surface area contributed by atoms with Gasteiger partial charge < -0.3 is 10.7 Å². The summed E-state index contributed by atoms with van der Waals surface area (Å²) in [5, 5.41) is 1.33. The van der Waals surface area contributed by atoms with Crippen molar-refractivity contribution < 1.29 is 13.2 Å². The fraction of sp³-hybridized carbons (Fsp3) is 0.423. The van der Waals surface area contributed by atoms with Crippen molar-refractivity contribution in [2.45, 2.75) is 62.4 Å². The van der Waals surface area contributed by atoms with Gasteiger partial charge in [0.05, 0.1) is 4.90 Å². The van der Waals surface area contributed by atoms with Crippen molar-refractivity contribution in [1.29, 1.82) is 0 Å². The Morgan fingerprint density at radius 3 is 2.58 bits per heavy atom. The van der Waals surface area contributed by atoms with Gasteiger partial charge in [-0.2, -0.15) is 0 Å². The van der Waals surface area contributed by atoms with Crippen LogP contribution in [0.1, 0.15) is 66.3 Å². The number of carbonyl (C=O) groups is 1. The van der Waals surface area contributed by atoms with E-state index in [4.69, 9.17) is 5.73 Å². The predicted octanol–water partition coefficient (Wildman–Crippen LogP) is 4.34. The molecule has 1 atom stereocenters. The van der Waals surface area contributed by atoms with E-state index >= 15 is 0 Å². The van der Waals surface area contributed by atoms with Crippen LogP contribution in [0.3, 0.4) is 0 Å². The maximum absolute atomic E-state index is 12.4. The van der Waals surface area contributed by atoms with Gasteiger partial charge in [-0.05, 0) is 85.5 Å². The number of nitrogens with two attached hydrogens (primary N) is 1. The second-order valence-electron chi connectivity index (χ2n) is 9.58. The lowest BCUT2D eigenvalue weighted by Crippen LogP contribution is -2.33. The zero-order chi connectivity index (χ0) is 23.2. The molecule has 1 aliphatic carbocycles. The van der Waals surface area contributed by atoms with E-state index in [0.29, 0.717) is 5.92 Å². The molecule has 1 unspecified atom stereocenters. The van der Waals surface area contributed by atoms with Crippen molar-refractivity contribution in [3.8, 4) is 0 Å². The van der Waals surface area contributed by atoms with E-state index in [2.05, 4.69) is 28.9 Å². The average molecular weight is 466 g/mol. The van der Waals surface area contributed by atoms with Gasteiger partial charge in [-0.15, -0.1) is 0 Å². The highest BCUT2D eigenvalue weighted by molar-refractivity contribution is 7.92. The van der Waals surface area contributed by atoms with Gasteiger partial charge in [0.25, 0.3) is 0 Å². The lowest BCUT2D eigenvalue weighted by Gasteiger charge is -2.37. The Morgan fingerprint density at radius 2 is 1.88 bits per heavy atom. The number of aromatic nitrogens is 1. The van der Waals surface area contributed by atoms with Gasteiger partial charge in [0.15, 0.2) is 9.84 Å². The number of amides is 1. The quantitative estimate of drug-likeness (QED) is 0.542. The van der Waals surface area contributed by atoms with E-state index in [1.807, 2.05) is 18.3 Å². The molecule has 5 rings (SSSR count). The molecule has 1 aromatic heterocycles. The highest BCUT2D eigenvalue weighted by atomic mass is 32.2. The van der Waals surface area contributed by atoms with E-state index < -0.39 is 21.5 Å². The van der Waals surface area contributed by atoms with Crippen LogP contribution in [0, 0.1) is 6.92 Å².